The van der Waals surface area contributed by atoms with Gasteiger partial charge >= 0.3 is 5.97 Å². The molecule has 10 nitrogen and oxygen atoms in total. The second-order valence-corrected chi connectivity index (χ2v) is 8.35. The lowest BCUT2D eigenvalue weighted by Gasteiger charge is -2.20. The van der Waals surface area contributed by atoms with Gasteiger partial charge in [-0.15, -0.1) is 0 Å². The van der Waals surface area contributed by atoms with E-state index in [2.05, 4.69) is 15.0 Å². The summed E-state index contributed by atoms with van der Waals surface area (Å²) in [5.41, 5.74) is 6.43. The average Bonchev–Trinajstić information content (AvgIpc) is 3.31. The summed E-state index contributed by atoms with van der Waals surface area (Å²) >= 11 is 0. The van der Waals surface area contributed by atoms with E-state index in [1.54, 1.807) is 24.3 Å². The Labute approximate surface area is 179 Å². The van der Waals surface area contributed by atoms with Crippen molar-refractivity contribution in [3.05, 3.63) is 36.9 Å². The minimum absolute atomic E-state index is 0.133. The molecule has 0 saturated carbocycles. The third-order valence-corrected chi connectivity index (χ3v) is 6.29. The Morgan fingerprint density at radius 2 is 2.03 bits per heavy atom. The maximum absolute atomic E-state index is 15.3. The fraction of sp³-hybridized carbons (Fsp3) is 0.368. The van der Waals surface area contributed by atoms with E-state index in [1.165, 1.54) is 31.3 Å². The molecule has 0 spiro atoms. The van der Waals surface area contributed by atoms with Gasteiger partial charge in [-0.25, -0.2) is 19.3 Å². The van der Waals surface area contributed by atoms with Crippen LogP contribution in [0.1, 0.15) is 13.2 Å². The largest absolute Gasteiger partial charge is 0.497 e. The molecular weight excluding hydrogens is 429 g/mol. The number of carbonyl (C=O) groups excluding carboxylic acids is 1. The molecule has 1 unspecified atom stereocenters. The zero-order valence-corrected chi connectivity index (χ0v) is 17.5. The smallest absolute Gasteiger partial charge is 0.303 e. The summed E-state index contributed by atoms with van der Waals surface area (Å²) in [6, 6.07) is 6.62. The highest BCUT2D eigenvalue weighted by atomic mass is 32.2. The van der Waals surface area contributed by atoms with Crippen molar-refractivity contribution in [1.29, 1.82) is 0 Å². The van der Waals surface area contributed by atoms with Gasteiger partial charge < -0.3 is 19.9 Å². The van der Waals surface area contributed by atoms with Gasteiger partial charge in [-0.2, -0.15) is 0 Å². The van der Waals surface area contributed by atoms with Crippen LogP contribution in [0.25, 0.3) is 11.2 Å². The molecule has 2 N–H and O–H groups in total. The van der Waals surface area contributed by atoms with Crippen LogP contribution in [0.3, 0.4) is 0 Å². The molecule has 0 aliphatic carbocycles. The summed E-state index contributed by atoms with van der Waals surface area (Å²) in [6.45, 7) is 1.18. The Kier molecular flexibility index (Phi) is 5.83. The molecule has 0 radical (unpaired) electrons. The molecular formula is C19H20FN5O5S. The summed E-state index contributed by atoms with van der Waals surface area (Å²) in [5.74, 6) is -0.0353. The van der Waals surface area contributed by atoms with Gasteiger partial charge in [0.05, 0.1) is 30.0 Å². The van der Waals surface area contributed by atoms with E-state index < -0.39 is 41.4 Å². The molecule has 12 heteroatoms. The van der Waals surface area contributed by atoms with Crippen molar-refractivity contribution in [2.75, 3.05) is 18.6 Å². The summed E-state index contributed by atoms with van der Waals surface area (Å²) < 4.78 is 45.7. The maximum atomic E-state index is 15.3. The van der Waals surface area contributed by atoms with Crippen LogP contribution in [0, 0.1) is 0 Å². The molecule has 4 rings (SSSR count). The number of esters is 1. The minimum atomic E-state index is -1.72. The van der Waals surface area contributed by atoms with Gasteiger partial charge in [0.1, 0.15) is 23.7 Å². The molecule has 31 heavy (non-hydrogen) atoms. The lowest BCUT2D eigenvalue weighted by Crippen LogP contribution is -2.34. The molecule has 0 bridgehead atoms. The van der Waals surface area contributed by atoms with Crippen LogP contribution < -0.4 is 10.5 Å². The molecule has 2 aromatic heterocycles. The number of nitrogens with zero attached hydrogens (tertiary/aromatic N) is 4. The van der Waals surface area contributed by atoms with E-state index in [4.69, 9.17) is 19.9 Å². The normalized spacial score (nSPS) is 24.2. The van der Waals surface area contributed by atoms with Crippen LogP contribution in [0.4, 0.5) is 10.2 Å². The summed E-state index contributed by atoms with van der Waals surface area (Å²) in [7, 11) is -0.0284. The highest BCUT2D eigenvalue weighted by Gasteiger charge is 2.49. The first-order chi connectivity index (χ1) is 14.9. The zero-order valence-electron chi connectivity index (χ0n) is 16.7. The van der Waals surface area contributed by atoms with Crippen molar-refractivity contribution in [2.45, 2.75) is 36.4 Å². The Balaban J connectivity index is 1.60. The predicted molar refractivity (Wildman–Crippen MR) is 108 cm³/mol. The molecule has 1 saturated heterocycles. The molecule has 1 aliphatic rings. The number of alkyl halides is 1. The molecule has 164 valence electrons. The second-order valence-electron chi connectivity index (χ2n) is 6.85. The Bertz CT molecular complexity index is 1120. The van der Waals surface area contributed by atoms with E-state index in [1.807, 2.05) is 0 Å². The van der Waals surface area contributed by atoms with Gasteiger partial charge in [-0.3, -0.25) is 13.6 Å². The number of nitrogen functional groups attached to an aromatic ring is 1. The van der Waals surface area contributed by atoms with E-state index in [-0.39, 0.29) is 11.6 Å². The summed E-state index contributed by atoms with van der Waals surface area (Å²) in [5, 5.41) is 0. The number of aromatic nitrogens is 4. The topological polar surface area (TPSA) is 131 Å². The number of hydrogen-bond donors (Lipinski definition) is 1. The number of fused-ring (bicyclic) bond motifs is 1. The zero-order chi connectivity index (χ0) is 22.1. The molecule has 1 fully saturated rings. The number of benzene rings is 1. The lowest BCUT2D eigenvalue weighted by atomic mass is 10.1. The Morgan fingerprint density at radius 3 is 2.71 bits per heavy atom. The first-order valence-corrected chi connectivity index (χ1v) is 10.6. The standard InChI is InChI=1S/C19H20FN5O5S/c1-10(26)29-16-14(20)13(7-31(27)12-5-3-11(28-2)4-6-12)30-19(16)25-9-24-15-17(21)22-8-23-18(15)25/h3-6,8-9,13-14,16,19H,7H2,1-2H3,(H2,21,22,23)/t13-,14-,16-,19-,31?/m1/s1. The monoisotopic (exact) mass is 449 g/mol. The predicted octanol–water partition coefficient (Wildman–Crippen LogP) is 1.39. The number of carbonyl (C=O) groups is 1. The van der Waals surface area contributed by atoms with E-state index in [0.717, 1.165) is 0 Å². The third kappa shape index (κ3) is 4.08. The number of imidazole rings is 1. The molecule has 5 atom stereocenters. The fourth-order valence-electron chi connectivity index (χ4n) is 3.40. The number of ether oxygens (including phenoxy) is 3. The number of methoxy groups -OCH3 is 1. The Hall–Kier alpha value is -3.12. The molecule has 1 aromatic carbocycles. The lowest BCUT2D eigenvalue weighted by molar-refractivity contribution is -0.154. The van der Waals surface area contributed by atoms with Gasteiger partial charge in [-0.05, 0) is 24.3 Å². The van der Waals surface area contributed by atoms with Crippen LogP contribution in [0.15, 0.2) is 41.8 Å². The SMILES string of the molecule is COc1ccc(S(=O)C[C@H]2O[C@@H](n3cnc4c(N)ncnc43)[C@H](OC(C)=O)[C@@H]2F)cc1. The van der Waals surface area contributed by atoms with E-state index >= 15 is 4.39 Å². The highest BCUT2D eigenvalue weighted by Crippen LogP contribution is 2.36. The minimum Gasteiger partial charge on any atom is -0.497 e. The van der Waals surface area contributed by atoms with Gasteiger partial charge in [0.15, 0.2) is 30.0 Å². The first-order valence-electron chi connectivity index (χ1n) is 9.31. The van der Waals surface area contributed by atoms with Crippen molar-refractivity contribution in [3.8, 4) is 5.75 Å². The van der Waals surface area contributed by atoms with Gasteiger partial charge in [0.2, 0.25) is 0 Å². The Morgan fingerprint density at radius 1 is 1.29 bits per heavy atom. The van der Waals surface area contributed by atoms with Gasteiger partial charge in [-0.1, -0.05) is 0 Å². The molecule has 1 aliphatic heterocycles. The number of rotatable bonds is 6. The molecule has 0 amide bonds. The number of anilines is 1. The number of halogens is 1. The van der Waals surface area contributed by atoms with Crippen molar-refractivity contribution in [1.82, 2.24) is 19.5 Å². The van der Waals surface area contributed by atoms with Crippen LogP contribution in [0.5, 0.6) is 5.75 Å². The third-order valence-electron chi connectivity index (χ3n) is 4.87. The summed E-state index contributed by atoms with van der Waals surface area (Å²) in [4.78, 5) is 24.3. The maximum Gasteiger partial charge on any atom is 0.303 e. The van der Waals surface area contributed by atoms with Crippen LogP contribution in [0.2, 0.25) is 0 Å². The first kappa shape index (κ1) is 21.1. The second kappa shape index (κ2) is 8.55. The number of nitrogens with two attached hydrogens (primary N) is 1. The fourth-order valence-corrected chi connectivity index (χ4v) is 4.59. The quantitative estimate of drug-likeness (QED) is 0.555. The van der Waals surface area contributed by atoms with Crippen molar-refractivity contribution in [3.63, 3.8) is 0 Å². The van der Waals surface area contributed by atoms with Crippen LogP contribution in [-0.4, -0.2) is 60.9 Å². The molecule has 3 heterocycles. The van der Waals surface area contributed by atoms with E-state index in [9.17, 15) is 9.00 Å². The van der Waals surface area contributed by atoms with Crippen LogP contribution in [-0.2, 0) is 25.1 Å². The van der Waals surface area contributed by atoms with Crippen LogP contribution >= 0.6 is 0 Å². The van der Waals surface area contributed by atoms with Crippen molar-refractivity contribution < 1.29 is 27.6 Å². The van der Waals surface area contributed by atoms with Crippen molar-refractivity contribution in [2.24, 2.45) is 0 Å². The number of hydrogen-bond acceptors (Lipinski definition) is 9. The summed E-state index contributed by atoms with van der Waals surface area (Å²) in [6.07, 6.45) is -2.53. The van der Waals surface area contributed by atoms with E-state index in [0.29, 0.717) is 21.8 Å². The van der Waals surface area contributed by atoms with Gasteiger partial charge in [0.25, 0.3) is 0 Å². The average molecular weight is 449 g/mol. The highest BCUT2D eigenvalue weighted by molar-refractivity contribution is 7.85. The molecule has 3 aromatic rings. The van der Waals surface area contributed by atoms with Crippen molar-refractivity contribution >= 4 is 33.8 Å². The van der Waals surface area contributed by atoms with Gasteiger partial charge in [0, 0.05) is 11.8 Å².